The molecular weight excluding hydrogens is 374 g/mol. The Kier molecular flexibility index (Phi) is 5.85. The van der Waals surface area contributed by atoms with Crippen molar-refractivity contribution in [2.24, 2.45) is 0 Å². The van der Waals surface area contributed by atoms with Crippen LogP contribution in [0.1, 0.15) is 21.6 Å². The van der Waals surface area contributed by atoms with Gasteiger partial charge in [0.05, 0.1) is 24.1 Å². The third kappa shape index (κ3) is 4.72. The first-order valence-electron chi connectivity index (χ1n) is 9.78. The average molecular weight is 397 g/mol. The molecule has 0 aliphatic carbocycles. The molecule has 0 aliphatic heterocycles. The van der Waals surface area contributed by atoms with Crippen LogP contribution in [0, 0.1) is 0 Å². The van der Waals surface area contributed by atoms with Crippen molar-refractivity contribution in [2.75, 3.05) is 17.3 Å². The summed E-state index contributed by atoms with van der Waals surface area (Å²) in [5.41, 5.74) is 4.25. The zero-order valence-corrected chi connectivity index (χ0v) is 16.8. The number of benzene rings is 3. The number of anilines is 2. The molecule has 1 aromatic heterocycles. The quantitative estimate of drug-likeness (QED) is 0.507. The number of rotatable bonds is 7. The molecule has 1 N–H and O–H groups in total. The number of carbonyl (C=O) groups excluding carboxylic acids is 1. The number of amides is 1. The van der Waals surface area contributed by atoms with Crippen LogP contribution in [-0.4, -0.2) is 27.9 Å². The average Bonchev–Trinajstić information content (AvgIpc) is 3.24. The second kappa shape index (κ2) is 9.05. The number of aromatic nitrogens is 3. The Hall–Kier alpha value is -3.93. The van der Waals surface area contributed by atoms with Crippen molar-refractivity contribution >= 4 is 17.3 Å². The maximum atomic E-state index is 12.8. The molecule has 0 radical (unpaired) electrons. The maximum absolute atomic E-state index is 12.8. The van der Waals surface area contributed by atoms with E-state index < -0.39 is 0 Å². The molecule has 0 saturated carbocycles. The number of nitrogens with zero attached hydrogens (tertiary/aromatic N) is 4. The van der Waals surface area contributed by atoms with Crippen molar-refractivity contribution in [2.45, 2.75) is 13.1 Å². The van der Waals surface area contributed by atoms with Gasteiger partial charge < -0.3 is 10.2 Å². The predicted molar refractivity (Wildman–Crippen MR) is 119 cm³/mol. The van der Waals surface area contributed by atoms with E-state index >= 15 is 0 Å². The van der Waals surface area contributed by atoms with Gasteiger partial charge in [-0.2, -0.15) is 0 Å². The minimum Gasteiger partial charge on any atom is -0.369 e. The first-order chi connectivity index (χ1) is 14.7. The second-order valence-corrected chi connectivity index (χ2v) is 7.10. The predicted octanol–water partition coefficient (Wildman–Crippen LogP) is 4.22. The van der Waals surface area contributed by atoms with Crippen LogP contribution in [-0.2, 0) is 13.1 Å². The monoisotopic (exact) mass is 397 g/mol. The molecule has 0 spiro atoms. The van der Waals surface area contributed by atoms with Crippen LogP contribution in [0.4, 0.5) is 11.4 Å². The van der Waals surface area contributed by atoms with Crippen LogP contribution in [0.15, 0.2) is 91.1 Å². The van der Waals surface area contributed by atoms with Gasteiger partial charge in [-0.05, 0) is 23.3 Å². The smallest absolute Gasteiger partial charge is 0.277 e. The molecule has 0 bridgehead atoms. The van der Waals surface area contributed by atoms with E-state index in [1.54, 1.807) is 10.9 Å². The van der Waals surface area contributed by atoms with Crippen molar-refractivity contribution in [1.29, 1.82) is 0 Å². The Morgan fingerprint density at radius 1 is 0.900 bits per heavy atom. The van der Waals surface area contributed by atoms with Crippen LogP contribution in [0.5, 0.6) is 0 Å². The van der Waals surface area contributed by atoms with Gasteiger partial charge in [0.15, 0.2) is 5.69 Å². The molecule has 0 saturated heterocycles. The van der Waals surface area contributed by atoms with Crippen LogP contribution >= 0.6 is 0 Å². The fourth-order valence-electron chi connectivity index (χ4n) is 3.29. The van der Waals surface area contributed by atoms with E-state index in [9.17, 15) is 4.79 Å². The van der Waals surface area contributed by atoms with Crippen molar-refractivity contribution in [3.05, 3.63) is 108 Å². The highest BCUT2D eigenvalue weighted by atomic mass is 16.2. The summed E-state index contributed by atoms with van der Waals surface area (Å²) in [5.74, 6) is -0.283. The van der Waals surface area contributed by atoms with Gasteiger partial charge in [0.25, 0.3) is 5.91 Å². The van der Waals surface area contributed by atoms with E-state index in [0.717, 1.165) is 23.5 Å². The largest absolute Gasteiger partial charge is 0.369 e. The first-order valence-corrected chi connectivity index (χ1v) is 9.78. The van der Waals surface area contributed by atoms with E-state index in [2.05, 4.69) is 32.7 Å². The second-order valence-electron chi connectivity index (χ2n) is 7.10. The third-order valence-corrected chi connectivity index (χ3v) is 4.78. The van der Waals surface area contributed by atoms with Crippen LogP contribution in [0.25, 0.3) is 0 Å². The van der Waals surface area contributed by atoms with Gasteiger partial charge in [0.1, 0.15) is 0 Å². The van der Waals surface area contributed by atoms with Crippen molar-refractivity contribution in [1.82, 2.24) is 15.0 Å². The topological polar surface area (TPSA) is 63.1 Å². The number of nitrogens with one attached hydrogen (secondary N) is 1. The lowest BCUT2D eigenvalue weighted by Crippen LogP contribution is -2.20. The highest BCUT2D eigenvalue weighted by Gasteiger charge is 2.15. The van der Waals surface area contributed by atoms with Crippen molar-refractivity contribution < 1.29 is 4.79 Å². The van der Waals surface area contributed by atoms with Gasteiger partial charge in [0, 0.05) is 13.6 Å². The SMILES string of the molecule is CN(Cc1ccccc1)c1ccccc1NC(=O)c1cn(Cc2ccccc2)nn1. The molecule has 1 heterocycles. The highest BCUT2D eigenvalue weighted by Crippen LogP contribution is 2.26. The Labute approximate surface area is 175 Å². The van der Waals surface area contributed by atoms with E-state index in [0.29, 0.717) is 6.54 Å². The zero-order chi connectivity index (χ0) is 20.8. The first kappa shape index (κ1) is 19.4. The minimum atomic E-state index is -0.283. The minimum absolute atomic E-state index is 0.283. The zero-order valence-electron chi connectivity index (χ0n) is 16.8. The third-order valence-electron chi connectivity index (χ3n) is 4.78. The Morgan fingerprint density at radius 2 is 1.53 bits per heavy atom. The molecular formula is C24H23N5O. The molecule has 6 heteroatoms. The molecule has 150 valence electrons. The lowest BCUT2D eigenvalue weighted by Gasteiger charge is -2.22. The maximum Gasteiger partial charge on any atom is 0.277 e. The van der Waals surface area contributed by atoms with Gasteiger partial charge in [-0.3, -0.25) is 4.79 Å². The lowest BCUT2D eigenvalue weighted by molar-refractivity contribution is 0.102. The Balaban J connectivity index is 1.46. The van der Waals surface area contributed by atoms with Crippen molar-refractivity contribution in [3.63, 3.8) is 0 Å². The Bertz CT molecular complexity index is 1110. The summed E-state index contributed by atoms with van der Waals surface area (Å²) in [4.78, 5) is 14.9. The van der Waals surface area contributed by atoms with Gasteiger partial charge in [-0.25, -0.2) is 4.68 Å². The summed E-state index contributed by atoms with van der Waals surface area (Å²) in [6.07, 6.45) is 1.67. The van der Waals surface area contributed by atoms with Crippen LogP contribution < -0.4 is 10.2 Å². The molecule has 1 amide bonds. The summed E-state index contributed by atoms with van der Waals surface area (Å²) < 4.78 is 1.66. The summed E-state index contributed by atoms with van der Waals surface area (Å²) in [6, 6.07) is 27.9. The number of hydrogen-bond acceptors (Lipinski definition) is 4. The van der Waals surface area contributed by atoms with Crippen LogP contribution in [0.3, 0.4) is 0 Å². The van der Waals surface area contributed by atoms with Gasteiger partial charge >= 0.3 is 0 Å². The molecule has 0 fully saturated rings. The van der Waals surface area contributed by atoms with Gasteiger partial charge in [-0.1, -0.05) is 78.0 Å². The molecule has 30 heavy (non-hydrogen) atoms. The van der Waals surface area contributed by atoms with E-state index in [4.69, 9.17) is 0 Å². The summed E-state index contributed by atoms with van der Waals surface area (Å²) in [7, 11) is 2.01. The Morgan fingerprint density at radius 3 is 2.27 bits per heavy atom. The fourth-order valence-corrected chi connectivity index (χ4v) is 3.29. The van der Waals surface area contributed by atoms with E-state index in [1.165, 1.54) is 5.56 Å². The normalized spacial score (nSPS) is 10.6. The number of hydrogen-bond donors (Lipinski definition) is 1. The molecule has 4 rings (SSSR count). The van der Waals surface area contributed by atoms with E-state index in [-0.39, 0.29) is 11.6 Å². The number of carbonyl (C=O) groups is 1. The number of para-hydroxylation sites is 2. The van der Waals surface area contributed by atoms with Gasteiger partial charge in [-0.15, -0.1) is 5.10 Å². The molecule has 0 unspecified atom stereocenters. The summed E-state index contributed by atoms with van der Waals surface area (Å²) in [6.45, 7) is 1.30. The molecule has 6 nitrogen and oxygen atoms in total. The van der Waals surface area contributed by atoms with E-state index in [1.807, 2.05) is 79.8 Å². The molecule has 0 aliphatic rings. The molecule has 4 aromatic rings. The highest BCUT2D eigenvalue weighted by molar-refractivity contribution is 6.04. The van der Waals surface area contributed by atoms with Gasteiger partial charge in [0.2, 0.25) is 0 Å². The molecule has 0 atom stereocenters. The van der Waals surface area contributed by atoms with Crippen molar-refractivity contribution in [3.8, 4) is 0 Å². The summed E-state index contributed by atoms with van der Waals surface area (Å²) in [5, 5.41) is 11.1. The van der Waals surface area contributed by atoms with Crippen LogP contribution in [0.2, 0.25) is 0 Å². The lowest BCUT2D eigenvalue weighted by atomic mass is 10.2. The molecule has 3 aromatic carbocycles. The standard InChI is InChI=1S/C24H23N5O/c1-28(16-19-10-4-2-5-11-19)23-15-9-8-14-21(23)25-24(30)22-18-29(27-26-22)17-20-12-6-3-7-13-20/h2-15,18H,16-17H2,1H3,(H,25,30). The fraction of sp³-hybridized carbons (Fsp3) is 0.125. The summed E-state index contributed by atoms with van der Waals surface area (Å²) >= 11 is 0.